The predicted octanol–water partition coefficient (Wildman–Crippen LogP) is 3.57. The summed E-state index contributed by atoms with van der Waals surface area (Å²) in [4.78, 5) is 4.52. The lowest BCUT2D eigenvalue weighted by Crippen LogP contribution is -2.32. The number of anilines is 1. The summed E-state index contributed by atoms with van der Waals surface area (Å²) in [5, 5.41) is 15.0. The highest BCUT2D eigenvalue weighted by Crippen LogP contribution is 2.40. The third-order valence-electron chi connectivity index (χ3n) is 4.86. The minimum atomic E-state index is -4.11. The van der Waals surface area contributed by atoms with Crippen LogP contribution in [0.5, 0.6) is 5.75 Å². The average molecular weight is 552 g/mol. The van der Waals surface area contributed by atoms with Gasteiger partial charge in [0.25, 0.3) is 10.0 Å². The minimum absolute atomic E-state index is 0.0190. The van der Waals surface area contributed by atoms with Gasteiger partial charge < -0.3 is 14.8 Å². The van der Waals surface area contributed by atoms with Gasteiger partial charge in [0, 0.05) is 24.5 Å². The maximum atomic E-state index is 12.8. The smallest absolute Gasteiger partial charge is 0.345 e. The van der Waals surface area contributed by atoms with Gasteiger partial charge in [-0.2, -0.15) is 12.7 Å². The van der Waals surface area contributed by atoms with Crippen molar-refractivity contribution >= 4 is 60.5 Å². The SMILES string of the molecule is CCN(CC)S(=O)(=O)c1scc(NC2=NS(=O)(=O)NC2=N[C@@H](c2cc(Cl)co2)C(C)(C)C)c1O. The molecular formula is C19H26ClN5O6S3. The lowest BCUT2D eigenvalue weighted by Gasteiger charge is -2.26. The molecule has 0 saturated carbocycles. The maximum Gasteiger partial charge on any atom is 0.345 e. The van der Waals surface area contributed by atoms with Crippen LogP contribution in [0.4, 0.5) is 5.69 Å². The zero-order valence-electron chi connectivity index (χ0n) is 19.2. The van der Waals surface area contributed by atoms with Crippen LogP contribution in [0.25, 0.3) is 0 Å². The van der Waals surface area contributed by atoms with Crippen molar-refractivity contribution < 1.29 is 26.4 Å². The van der Waals surface area contributed by atoms with Gasteiger partial charge in [-0.1, -0.05) is 46.2 Å². The van der Waals surface area contributed by atoms with E-state index in [2.05, 4.69) is 19.4 Å². The van der Waals surface area contributed by atoms with E-state index >= 15 is 0 Å². The molecule has 0 spiro atoms. The Kier molecular flexibility index (Phi) is 7.39. The van der Waals surface area contributed by atoms with E-state index in [9.17, 15) is 21.9 Å². The first-order valence-electron chi connectivity index (χ1n) is 10.2. The normalized spacial score (nSPS) is 18.2. The van der Waals surface area contributed by atoms with Gasteiger partial charge in [-0.15, -0.1) is 15.7 Å². The van der Waals surface area contributed by atoms with Crippen molar-refractivity contribution in [1.82, 2.24) is 9.03 Å². The van der Waals surface area contributed by atoms with Crippen molar-refractivity contribution in [1.29, 1.82) is 0 Å². The van der Waals surface area contributed by atoms with E-state index in [0.717, 1.165) is 11.3 Å². The second-order valence-electron chi connectivity index (χ2n) is 8.43. The Morgan fingerprint density at radius 3 is 2.53 bits per heavy atom. The molecule has 0 aromatic carbocycles. The molecule has 3 heterocycles. The van der Waals surface area contributed by atoms with Gasteiger partial charge in [-0.25, -0.2) is 13.1 Å². The number of thiophene rings is 1. The third kappa shape index (κ3) is 5.40. The van der Waals surface area contributed by atoms with E-state index in [1.54, 1.807) is 19.9 Å². The number of rotatable bonds is 7. The standard InChI is InChI=1S/C19H26ClN5O6S3/c1-6-25(7-2)33(27,28)18-14(26)12(10-32-18)21-16-17(24-34(29,30)23-16)22-15(19(3,4)5)13-8-11(20)9-31-13/h8-10,15,26H,6-7H2,1-5H3,(H,21,23)(H,22,24)/t15-/m0/s1. The first-order chi connectivity index (χ1) is 15.7. The number of aromatic hydroxyl groups is 1. The highest BCUT2D eigenvalue weighted by atomic mass is 35.5. The van der Waals surface area contributed by atoms with E-state index in [0.29, 0.717) is 10.8 Å². The molecule has 34 heavy (non-hydrogen) atoms. The Labute approximate surface area is 207 Å². The van der Waals surface area contributed by atoms with E-state index in [-0.39, 0.29) is 34.7 Å². The molecule has 0 radical (unpaired) electrons. The second-order valence-corrected chi connectivity index (χ2v) is 13.2. The van der Waals surface area contributed by atoms with Crippen LogP contribution < -0.4 is 10.0 Å². The summed E-state index contributed by atoms with van der Waals surface area (Å²) in [6, 6.07) is 0.946. The van der Waals surface area contributed by atoms with Gasteiger partial charge >= 0.3 is 10.2 Å². The number of nitrogens with zero attached hydrogens (tertiary/aromatic N) is 3. The Bertz CT molecular complexity index is 1330. The number of sulfonamides is 1. The van der Waals surface area contributed by atoms with Crippen LogP contribution in [-0.2, 0) is 20.2 Å². The van der Waals surface area contributed by atoms with Crippen molar-refractivity contribution in [2.75, 3.05) is 18.4 Å². The first-order valence-corrected chi connectivity index (χ1v) is 14.4. The van der Waals surface area contributed by atoms with Gasteiger partial charge in [0.1, 0.15) is 18.1 Å². The monoisotopic (exact) mass is 551 g/mol. The molecular weight excluding hydrogens is 526 g/mol. The van der Waals surface area contributed by atoms with Crippen LogP contribution in [0.15, 0.2) is 35.7 Å². The number of furan rings is 1. The average Bonchev–Trinajstić information content (AvgIpc) is 3.37. The molecule has 2 aromatic heterocycles. The molecule has 2 aromatic rings. The van der Waals surface area contributed by atoms with Crippen LogP contribution in [0.1, 0.15) is 46.4 Å². The molecule has 0 saturated heterocycles. The van der Waals surface area contributed by atoms with Crippen molar-refractivity contribution in [3.63, 3.8) is 0 Å². The fraction of sp³-hybridized carbons (Fsp3) is 0.474. The molecule has 188 valence electrons. The quantitative estimate of drug-likeness (QED) is 0.475. The predicted molar refractivity (Wildman–Crippen MR) is 133 cm³/mol. The van der Waals surface area contributed by atoms with Gasteiger partial charge in [-0.05, 0) is 5.41 Å². The van der Waals surface area contributed by atoms with Crippen LogP contribution in [0.2, 0.25) is 5.02 Å². The highest BCUT2D eigenvalue weighted by molar-refractivity contribution is 7.91. The lowest BCUT2D eigenvalue weighted by atomic mass is 9.85. The van der Waals surface area contributed by atoms with Gasteiger partial charge in [-0.3, -0.25) is 4.99 Å². The summed E-state index contributed by atoms with van der Waals surface area (Å²) in [5.74, 6) is -0.437. The molecule has 0 unspecified atom stereocenters. The summed E-state index contributed by atoms with van der Waals surface area (Å²) in [5.41, 5.74) is -0.516. The van der Waals surface area contributed by atoms with Crippen LogP contribution in [0.3, 0.4) is 0 Å². The number of hydrogen-bond acceptors (Lipinski definition) is 9. The summed E-state index contributed by atoms with van der Waals surface area (Å²) < 4.78 is 62.3. The van der Waals surface area contributed by atoms with Crippen LogP contribution in [-0.4, -0.2) is 51.0 Å². The van der Waals surface area contributed by atoms with Gasteiger partial charge in [0.2, 0.25) is 0 Å². The summed E-state index contributed by atoms with van der Waals surface area (Å²) in [6.07, 6.45) is 1.35. The molecule has 1 atom stereocenters. The van der Waals surface area contributed by atoms with Crippen molar-refractivity contribution in [3.8, 4) is 5.75 Å². The third-order valence-corrected chi connectivity index (χ3v) is 9.47. The molecule has 0 fully saturated rings. The first kappa shape index (κ1) is 26.5. The van der Waals surface area contributed by atoms with Crippen molar-refractivity contribution in [3.05, 3.63) is 28.5 Å². The molecule has 1 aliphatic heterocycles. The van der Waals surface area contributed by atoms with Crippen LogP contribution >= 0.6 is 22.9 Å². The molecule has 0 amide bonds. The van der Waals surface area contributed by atoms with Gasteiger partial charge in [0.05, 0.1) is 10.7 Å². The highest BCUT2D eigenvalue weighted by Gasteiger charge is 2.35. The van der Waals surface area contributed by atoms with Gasteiger partial charge in [0.15, 0.2) is 21.6 Å². The van der Waals surface area contributed by atoms with Crippen molar-refractivity contribution in [2.45, 2.75) is 44.9 Å². The number of halogens is 1. The minimum Gasteiger partial charge on any atom is -0.504 e. The largest absolute Gasteiger partial charge is 0.504 e. The Hall–Kier alpha value is -2.13. The van der Waals surface area contributed by atoms with E-state index in [1.807, 2.05) is 20.8 Å². The topological polar surface area (TPSA) is 154 Å². The molecule has 11 nitrogen and oxygen atoms in total. The van der Waals surface area contributed by atoms with E-state index < -0.39 is 37.4 Å². The number of aliphatic imine (C=N–C) groups is 1. The summed E-state index contributed by atoms with van der Waals surface area (Å²) in [6.45, 7) is 9.51. The molecule has 0 aliphatic carbocycles. The Balaban J connectivity index is 2.00. The Morgan fingerprint density at radius 1 is 1.35 bits per heavy atom. The fourth-order valence-electron chi connectivity index (χ4n) is 3.23. The van der Waals surface area contributed by atoms with Crippen LogP contribution in [0, 0.1) is 5.41 Å². The van der Waals surface area contributed by atoms with E-state index in [1.165, 1.54) is 15.9 Å². The molecule has 15 heteroatoms. The molecule has 1 aliphatic rings. The maximum absolute atomic E-state index is 12.8. The summed E-state index contributed by atoms with van der Waals surface area (Å²) >= 11 is 6.79. The molecule has 3 rings (SSSR count). The number of nitrogens with one attached hydrogen (secondary N) is 2. The zero-order valence-corrected chi connectivity index (χ0v) is 22.4. The Morgan fingerprint density at radius 2 is 2.00 bits per heavy atom. The number of amidine groups is 2. The molecule has 3 N–H and O–H groups in total. The summed E-state index contributed by atoms with van der Waals surface area (Å²) in [7, 11) is -8.03. The lowest BCUT2D eigenvalue weighted by molar-refractivity contribution is 0.287. The van der Waals surface area contributed by atoms with E-state index in [4.69, 9.17) is 16.0 Å². The molecule has 0 bridgehead atoms. The fourth-order valence-corrected chi connectivity index (χ4v) is 7.02. The number of hydrogen-bond donors (Lipinski definition) is 3. The zero-order chi connectivity index (χ0) is 25.5. The van der Waals surface area contributed by atoms with Crippen molar-refractivity contribution in [2.24, 2.45) is 14.8 Å². The second kappa shape index (κ2) is 9.49.